The predicted octanol–water partition coefficient (Wildman–Crippen LogP) is 3.87. The van der Waals surface area contributed by atoms with Gasteiger partial charge >= 0.3 is 5.91 Å². The van der Waals surface area contributed by atoms with Crippen LogP contribution in [0.15, 0.2) is 91.0 Å². The third kappa shape index (κ3) is 5.01. The monoisotopic (exact) mass is 491 g/mol. The van der Waals surface area contributed by atoms with Gasteiger partial charge in [-0.3, -0.25) is 25.1 Å². The van der Waals surface area contributed by atoms with Gasteiger partial charge in [-0.25, -0.2) is 9.67 Å². The minimum atomic E-state index is -0.632. The number of nitrogens with one attached hydrogen (secondary N) is 2. The van der Waals surface area contributed by atoms with Crippen LogP contribution in [0.3, 0.4) is 0 Å². The van der Waals surface area contributed by atoms with Crippen LogP contribution in [0.5, 0.6) is 0 Å². The molecule has 2 N–H and O–H groups in total. The number of hydrogen-bond acceptors (Lipinski definition) is 5. The summed E-state index contributed by atoms with van der Waals surface area (Å²) < 4.78 is 3.38. The van der Waals surface area contributed by atoms with Gasteiger partial charge in [0.2, 0.25) is 5.82 Å². The Hall–Kier alpha value is -5.05. The van der Waals surface area contributed by atoms with Crippen molar-refractivity contribution in [2.45, 2.75) is 20.4 Å². The average Bonchev–Trinajstić information content (AvgIpc) is 3.50. The zero-order chi connectivity index (χ0) is 25.8. The van der Waals surface area contributed by atoms with Crippen molar-refractivity contribution in [3.8, 4) is 17.1 Å². The van der Waals surface area contributed by atoms with E-state index in [-0.39, 0.29) is 5.82 Å². The number of amides is 2. The minimum absolute atomic E-state index is 0.0729. The molecule has 0 aliphatic carbocycles. The van der Waals surface area contributed by atoms with E-state index < -0.39 is 11.8 Å². The molecule has 9 heteroatoms. The number of rotatable bonds is 6. The molecule has 184 valence electrons. The van der Waals surface area contributed by atoms with Gasteiger partial charge in [0, 0.05) is 11.3 Å². The lowest BCUT2D eigenvalue weighted by Gasteiger charge is -2.07. The fraction of sp³-hybridized carbons (Fsp3) is 0.107. The van der Waals surface area contributed by atoms with Crippen molar-refractivity contribution in [3.05, 3.63) is 119 Å². The average molecular weight is 492 g/mol. The Bertz CT molecular complexity index is 1480. The van der Waals surface area contributed by atoms with Gasteiger partial charge in [0.25, 0.3) is 5.91 Å². The van der Waals surface area contributed by atoms with Crippen LogP contribution in [0.4, 0.5) is 0 Å². The molecular formula is C28H25N7O2. The first kappa shape index (κ1) is 23.7. The number of carbonyl (C=O) groups is 2. The molecule has 0 aliphatic rings. The van der Waals surface area contributed by atoms with Crippen LogP contribution >= 0.6 is 0 Å². The summed E-state index contributed by atoms with van der Waals surface area (Å²) in [4.78, 5) is 30.4. The standard InChI is InChI=1S/C28H25N7O2/c1-19-24(20(2)34(32-19)18-21-12-6-3-7-13-21)27(36)30-31-28(37)25-29-26(22-14-8-4-9-15-22)35(33-25)23-16-10-5-11-17-23/h3-17H,18H2,1-2H3,(H,30,36)(H,31,37). The number of hydrazine groups is 1. The summed E-state index contributed by atoms with van der Waals surface area (Å²) in [7, 11) is 0. The molecule has 0 fully saturated rings. The molecule has 5 aromatic rings. The summed E-state index contributed by atoms with van der Waals surface area (Å²) in [6, 6.07) is 28.8. The van der Waals surface area contributed by atoms with E-state index >= 15 is 0 Å². The SMILES string of the molecule is Cc1nn(Cc2ccccc2)c(C)c1C(=O)NNC(=O)c1nc(-c2ccccc2)n(-c2ccccc2)n1. The summed E-state index contributed by atoms with van der Waals surface area (Å²) in [6.45, 7) is 4.13. The van der Waals surface area contributed by atoms with Crippen LogP contribution in [0.2, 0.25) is 0 Å². The molecule has 0 radical (unpaired) electrons. The molecule has 2 amide bonds. The van der Waals surface area contributed by atoms with E-state index in [0.29, 0.717) is 29.3 Å². The van der Waals surface area contributed by atoms with Gasteiger partial charge in [-0.15, -0.1) is 5.10 Å². The molecule has 0 saturated heterocycles. The third-order valence-corrected chi connectivity index (χ3v) is 5.92. The number of benzene rings is 3. The smallest absolute Gasteiger partial charge is 0.267 e. The van der Waals surface area contributed by atoms with E-state index in [1.54, 1.807) is 16.3 Å². The number of hydrogen-bond donors (Lipinski definition) is 2. The molecule has 0 aliphatic heterocycles. The van der Waals surface area contributed by atoms with Crippen LogP contribution < -0.4 is 10.9 Å². The highest BCUT2D eigenvalue weighted by Crippen LogP contribution is 2.21. The van der Waals surface area contributed by atoms with Gasteiger partial charge in [0.1, 0.15) is 0 Å². The van der Waals surface area contributed by atoms with Crippen LogP contribution in [0.1, 0.15) is 37.9 Å². The lowest BCUT2D eigenvalue weighted by molar-refractivity contribution is 0.0840. The maximum Gasteiger partial charge on any atom is 0.309 e. The van der Waals surface area contributed by atoms with Crippen molar-refractivity contribution in [1.82, 2.24) is 35.4 Å². The molecule has 0 unspecified atom stereocenters. The largest absolute Gasteiger partial charge is 0.309 e. The van der Waals surface area contributed by atoms with Gasteiger partial charge in [-0.2, -0.15) is 5.10 Å². The molecule has 0 bridgehead atoms. The number of aryl methyl sites for hydroxylation is 1. The molecular weight excluding hydrogens is 466 g/mol. The summed E-state index contributed by atoms with van der Waals surface area (Å²) in [6.07, 6.45) is 0. The van der Waals surface area contributed by atoms with Crippen molar-refractivity contribution < 1.29 is 9.59 Å². The predicted molar refractivity (Wildman–Crippen MR) is 139 cm³/mol. The zero-order valence-corrected chi connectivity index (χ0v) is 20.4. The first-order valence-corrected chi connectivity index (χ1v) is 11.8. The highest BCUT2D eigenvalue weighted by atomic mass is 16.2. The van der Waals surface area contributed by atoms with Crippen molar-refractivity contribution >= 4 is 11.8 Å². The Balaban J connectivity index is 1.34. The van der Waals surface area contributed by atoms with Crippen molar-refractivity contribution in [2.24, 2.45) is 0 Å². The Morgan fingerprint density at radius 3 is 2.03 bits per heavy atom. The maximum atomic E-state index is 13.0. The number of aromatic nitrogens is 5. The Labute approximate surface area is 213 Å². The van der Waals surface area contributed by atoms with Gasteiger partial charge < -0.3 is 0 Å². The van der Waals surface area contributed by atoms with Gasteiger partial charge in [-0.05, 0) is 31.5 Å². The van der Waals surface area contributed by atoms with E-state index in [2.05, 4.69) is 26.0 Å². The zero-order valence-electron chi connectivity index (χ0n) is 20.4. The summed E-state index contributed by atoms with van der Waals surface area (Å²) in [5.74, 6) is -0.658. The lowest BCUT2D eigenvalue weighted by Crippen LogP contribution is -2.42. The van der Waals surface area contributed by atoms with E-state index in [1.165, 1.54) is 0 Å². The molecule has 0 saturated carbocycles. The first-order valence-electron chi connectivity index (χ1n) is 11.8. The second-order valence-corrected chi connectivity index (χ2v) is 8.47. The highest BCUT2D eigenvalue weighted by Gasteiger charge is 2.22. The van der Waals surface area contributed by atoms with E-state index in [1.807, 2.05) is 97.9 Å². The highest BCUT2D eigenvalue weighted by molar-refractivity contribution is 5.99. The molecule has 3 aromatic carbocycles. The topological polar surface area (TPSA) is 107 Å². The lowest BCUT2D eigenvalue weighted by atomic mass is 10.2. The van der Waals surface area contributed by atoms with Crippen molar-refractivity contribution in [3.63, 3.8) is 0 Å². The van der Waals surface area contributed by atoms with E-state index in [4.69, 9.17) is 0 Å². The first-order chi connectivity index (χ1) is 18.0. The second-order valence-electron chi connectivity index (χ2n) is 8.47. The van der Waals surface area contributed by atoms with Crippen molar-refractivity contribution in [2.75, 3.05) is 0 Å². The van der Waals surface area contributed by atoms with Crippen LogP contribution in [-0.2, 0) is 6.54 Å². The van der Waals surface area contributed by atoms with Gasteiger partial charge in [0.15, 0.2) is 5.82 Å². The minimum Gasteiger partial charge on any atom is -0.267 e. The molecule has 0 spiro atoms. The molecule has 9 nitrogen and oxygen atoms in total. The third-order valence-electron chi connectivity index (χ3n) is 5.92. The van der Waals surface area contributed by atoms with Gasteiger partial charge in [-0.1, -0.05) is 78.9 Å². The summed E-state index contributed by atoms with van der Waals surface area (Å²) >= 11 is 0. The normalized spacial score (nSPS) is 10.8. The molecule has 2 heterocycles. The fourth-order valence-corrected chi connectivity index (χ4v) is 4.10. The van der Waals surface area contributed by atoms with E-state index in [0.717, 1.165) is 16.8 Å². The molecule has 37 heavy (non-hydrogen) atoms. The van der Waals surface area contributed by atoms with Crippen LogP contribution in [0.25, 0.3) is 17.1 Å². The Morgan fingerprint density at radius 2 is 1.35 bits per heavy atom. The Kier molecular flexibility index (Phi) is 6.58. The van der Waals surface area contributed by atoms with Crippen LogP contribution in [0, 0.1) is 13.8 Å². The molecule has 2 aromatic heterocycles. The van der Waals surface area contributed by atoms with Crippen LogP contribution in [-0.4, -0.2) is 36.4 Å². The van der Waals surface area contributed by atoms with E-state index in [9.17, 15) is 9.59 Å². The summed E-state index contributed by atoms with van der Waals surface area (Å²) in [5.41, 5.74) is 9.23. The van der Waals surface area contributed by atoms with Crippen molar-refractivity contribution in [1.29, 1.82) is 0 Å². The number of carbonyl (C=O) groups excluding carboxylic acids is 2. The van der Waals surface area contributed by atoms with Gasteiger partial charge in [0.05, 0.1) is 23.5 Å². The summed E-state index contributed by atoms with van der Waals surface area (Å²) in [5, 5.41) is 8.93. The fourth-order valence-electron chi connectivity index (χ4n) is 4.10. The molecule has 0 atom stereocenters. The Morgan fingerprint density at radius 1 is 0.757 bits per heavy atom. The number of nitrogens with zero attached hydrogens (tertiary/aromatic N) is 5. The number of para-hydroxylation sites is 1. The maximum absolute atomic E-state index is 13.0. The quantitative estimate of drug-likeness (QED) is 0.351. The second kappa shape index (κ2) is 10.3. The molecule has 5 rings (SSSR count).